The van der Waals surface area contributed by atoms with Gasteiger partial charge in [0.05, 0.1) is 46.4 Å². The minimum absolute atomic E-state index is 0.114. The van der Waals surface area contributed by atoms with E-state index in [4.69, 9.17) is 25.8 Å². The lowest BCUT2D eigenvalue weighted by Gasteiger charge is -2.18. The Morgan fingerprint density at radius 2 is 2.11 bits per heavy atom. The topological polar surface area (TPSA) is 118 Å². The van der Waals surface area contributed by atoms with Crippen molar-refractivity contribution in [3.8, 4) is 17.6 Å². The summed E-state index contributed by atoms with van der Waals surface area (Å²) in [7, 11) is 0. The van der Waals surface area contributed by atoms with Crippen molar-refractivity contribution in [3.05, 3.63) is 77.2 Å². The number of halogens is 1. The van der Waals surface area contributed by atoms with Crippen LogP contribution in [-0.4, -0.2) is 35.2 Å². The predicted molar refractivity (Wildman–Crippen MR) is 144 cm³/mol. The summed E-state index contributed by atoms with van der Waals surface area (Å²) in [5.74, 6) is 0.751. The molecule has 2 N–H and O–H groups in total. The second kappa shape index (κ2) is 11.3. The van der Waals surface area contributed by atoms with Crippen LogP contribution in [0.5, 0.6) is 11.5 Å². The van der Waals surface area contributed by atoms with E-state index in [9.17, 15) is 10.1 Å². The first-order chi connectivity index (χ1) is 18.5. The Morgan fingerprint density at radius 3 is 2.82 bits per heavy atom. The standard InChI is InChI=1S/C28H24ClN5O4/c1-17(35)33-25-11-22-24(12-27(25)38-21-7-9-36-16-21)32-14-18(13-30)28(22)34-19-5-6-26(23(29)10-19)37-15-20-4-2-3-8-31-20/h2-6,8,10-12,14,21H,7,9,15-16H2,1H3,(H,32,34)(H,33,35). The van der Waals surface area contributed by atoms with E-state index in [1.807, 2.05) is 18.2 Å². The Balaban J connectivity index is 1.46. The van der Waals surface area contributed by atoms with Crippen LogP contribution in [0, 0.1) is 11.3 Å². The van der Waals surface area contributed by atoms with Gasteiger partial charge in [-0.25, -0.2) is 0 Å². The molecule has 10 heteroatoms. The fourth-order valence-corrected chi connectivity index (χ4v) is 4.32. The number of amides is 1. The summed E-state index contributed by atoms with van der Waals surface area (Å²) in [4.78, 5) is 20.6. The van der Waals surface area contributed by atoms with Crippen molar-refractivity contribution in [2.45, 2.75) is 26.1 Å². The van der Waals surface area contributed by atoms with Gasteiger partial charge in [0.1, 0.15) is 30.3 Å². The second-order valence-electron chi connectivity index (χ2n) is 8.69. The maximum atomic E-state index is 11.9. The number of nitrogens with zero attached hydrogens (tertiary/aromatic N) is 3. The Kier molecular flexibility index (Phi) is 7.54. The van der Waals surface area contributed by atoms with Gasteiger partial charge in [-0.1, -0.05) is 17.7 Å². The van der Waals surface area contributed by atoms with Crippen molar-refractivity contribution in [2.24, 2.45) is 0 Å². The lowest BCUT2D eigenvalue weighted by Crippen LogP contribution is -2.17. The average Bonchev–Trinajstić information content (AvgIpc) is 3.42. The van der Waals surface area contributed by atoms with E-state index in [0.717, 1.165) is 12.1 Å². The number of pyridine rings is 2. The van der Waals surface area contributed by atoms with Crippen LogP contribution >= 0.6 is 11.6 Å². The minimum Gasteiger partial charge on any atom is -0.486 e. The SMILES string of the molecule is CC(=O)Nc1cc2c(Nc3ccc(OCc4ccccn4)c(Cl)c3)c(C#N)cnc2cc1OC1CCOC1. The van der Waals surface area contributed by atoms with Crippen molar-refractivity contribution in [3.63, 3.8) is 0 Å². The Bertz CT molecular complexity index is 1520. The third-order valence-electron chi connectivity index (χ3n) is 5.88. The number of benzene rings is 2. The number of rotatable bonds is 8. The summed E-state index contributed by atoms with van der Waals surface area (Å²) in [6.07, 6.45) is 3.84. The van der Waals surface area contributed by atoms with Gasteiger partial charge in [0, 0.05) is 42.9 Å². The number of hydrogen-bond donors (Lipinski definition) is 2. The fourth-order valence-electron chi connectivity index (χ4n) is 4.08. The largest absolute Gasteiger partial charge is 0.486 e. The van der Waals surface area contributed by atoms with Crippen LogP contribution in [0.4, 0.5) is 17.1 Å². The summed E-state index contributed by atoms with van der Waals surface area (Å²) in [6.45, 7) is 2.81. The lowest BCUT2D eigenvalue weighted by atomic mass is 10.1. The van der Waals surface area contributed by atoms with E-state index in [2.05, 4.69) is 26.7 Å². The summed E-state index contributed by atoms with van der Waals surface area (Å²) in [5.41, 5.74) is 3.36. The number of anilines is 3. The van der Waals surface area contributed by atoms with Crippen molar-refractivity contribution >= 4 is 45.5 Å². The zero-order valence-electron chi connectivity index (χ0n) is 20.5. The van der Waals surface area contributed by atoms with Crippen molar-refractivity contribution in [2.75, 3.05) is 23.8 Å². The molecular weight excluding hydrogens is 506 g/mol. The second-order valence-corrected chi connectivity index (χ2v) is 9.10. The van der Waals surface area contributed by atoms with Crippen molar-refractivity contribution in [1.82, 2.24) is 9.97 Å². The maximum absolute atomic E-state index is 11.9. The maximum Gasteiger partial charge on any atom is 0.221 e. The van der Waals surface area contributed by atoms with Crippen LogP contribution in [0.1, 0.15) is 24.6 Å². The summed E-state index contributed by atoms with van der Waals surface area (Å²) < 4.78 is 17.3. The number of aromatic nitrogens is 2. The van der Waals surface area contributed by atoms with Crippen molar-refractivity contribution < 1.29 is 19.0 Å². The third kappa shape index (κ3) is 5.78. The monoisotopic (exact) mass is 529 g/mol. The fraction of sp³-hybridized carbons (Fsp3) is 0.214. The van der Waals surface area contributed by atoms with Crippen LogP contribution in [0.2, 0.25) is 5.02 Å². The normalized spacial score (nSPS) is 14.6. The highest BCUT2D eigenvalue weighted by Gasteiger charge is 2.21. The molecule has 3 heterocycles. The number of fused-ring (bicyclic) bond motifs is 1. The third-order valence-corrected chi connectivity index (χ3v) is 6.18. The number of hydrogen-bond acceptors (Lipinski definition) is 8. The molecule has 2 aromatic carbocycles. The molecule has 9 nitrogen and oxygen atoms in total. The first-order valence-corrected chi connectivity index (χ1v) is 12.4. The summed E-state index contributed by atoms with van der Waals surface area (Å²) >= 11 is 6.50. The molecule has 1 aliphatic rings. The van der Waals surface area contributed by atoms with Gasteiger partial charge >= 0.3 is 0 Å². The highest BCUT2D eigenvalue weighted by atomic mass is 35.5. The molecule has 192 valence electrons. The number of carbonyl (C=O) groups is 1. The summed E-state index contributed by atoms with van der Waals surface area (Å²) in [5, 5.41) is 17.0. The van der Waals surface area contributed by atoms with Gasteiger partial charge in [-0.15, -0.1) is 0 Å². The molecule has 1 amide bonds. The Hall–Kier alpha value is -4.39. The van der Waals surface area contributed by atoms with E-state index in [-0.39, 0.29) is 18.6 Å². The number of nitrogens with one attached hydrogen (secondary N) is 2. The highest BCUT2D eigenvalue weighted by molar-refractivity contribution is 6.32. The number of nitriles is 1. The molecule has 0 saturated carbocycles. The smallest absolute Gasteiger partial charge is 0.221 e. The van der Waals surface area contributed by atoms with E-state index in [1.54, 1.807) is 36.5 Å². The predicted octanol–water partition coefficient (Wildman–Crippen LogP) is 5.60. The van der Waals surface area contributed by atoms with Gasteiger partial charge in [0.25, 0.3) is 0 Å². The number of carbonyl (C=O) groups excluding carboxylic acids is 1. The van der Waals surface area contributed by atoms with Crippen molar-refractivity contribution in [1.29, 1.82) is 5.26 Å². The molecule has 2 aromatic heterocycles. The molecule has 1 saturated heterocycles. The molecular formula is C28H24ClN5O4. The molecule has 1 fully saturated rings. The van der Waals surface area contributed by atoms with Gasteiger partial charge in [0.15, 0.2) is 0 Å². The van der Waals surface area contributed by atoms with Gasteiger partial charge < -0.3 is 24.8 Å². The Morgan fingerprint density at radius 1 is 1.21 bits per heavy atom. The number of ether oxygens (including phenoxy) is 3. The van der Waals surface area contributed by atoms with Gasteiger partial charge in [-0.2, -0.15) is 5.26 Å². The quantitative estimate of drug-likeness (QED) is 0.302. The van der Waals surface area contributed by atoms with Gasteiger partial charge in [-0.3, -0.25) is 14.8 Å². The molecule has 4 aromatic rings. The van der Waals surface area contributed by atoms with Crippen LogP contribution in [0.15, 0.2) is 60.9 Å². The van der Waals surface area contributed by atoms with Gasteiger partial charge in [0.2, 0.25) is 5.91 Å². The first-order valence-electron chi connectivity index (χ1n) is 12.0. The first kappa shape index (κ1) is 25.3. The molecule has 0 bridgehead atoms. The molecule has 0 aliphatic carbocycles. The zero-order chi connectivity index (χ0) is 26.5. The van der Waals surface area contributed by atoms with E-state index in [1.165, 1.54) is 13.1 Å². The molecule has 1 unspecified atom stereocenters. The van der Waals surface area contributed by atoms with Crippen LogP contribution < -0.4 is 20.1 Å². The molecule has 38 heavy (non-hydrogen) atoms. The zero-order valence-corrected chi connectivity index (χ0v) is 21.3. The molecule has 0 spiro atoms. The van der Waals surface area contributed by atoms with E-state index < -0.39 is 0 Å². The molecule has 1 atom stereocenters. The van der Waals surface area contributed by atoms with Crippen LogP contribution in [-0.2, 0) is 16.1 Å². The van der Waals surface area contributed by atoms with E-state index >= 15 is 0 Å². The molecule has 0 radical (unpaired) electrons. The lowest BCUT2D eigenvalue weighted by molar-refractivity contribution is -0.114. The highest BCUT2D eigenvalue weighted by Crippen LogP contribution is 2.38. The average molecular weight is 530 g/mol. The van der Waals surface area contributed by atoms with Crippen LogP contribution in [0.3, 0.4) is 0 Å². The molecule has 5 rings (SSSR count). The molecule has 1 aliphatic heterocycles. The van der Waals surface area contributed by atoms with E-state index in [0.29, 0.717) is 63.3 Å². The van der Waals surface area contributed by atoms with Gasteiger partial charge in [-0.05, 0) is 36.4 Å². The minimum atomic E-state index is -0.246. The van der Waals surface area contributed by atoms with Crippen LogP contribution in [0.25, 0.3) is 10.9 Å². The summed E-state index contributed by atoms with van der Waals surface area (Å²) in [6, 6.07) is 16.6. The Labute approximate surface area is 224 Å².